The van der Waals surface area contributed by atoms with Crippen molar-refractivity contribution in [3.8, 4) is 0 Å². The lowest BCUT2D eigenvalue weighted by molar-refractivity contribution is -0.161. The van der Waals surface area contributed by atoms with Gasteiger partial charge in [-0.2, -0.15) is 0 Å². The van der Waals surface area contributed by atoms with Gasteiger partial charge in [-0.05, 0) is 32.1 Å². The van der Waals surface area contributed by atoms with E-state index in [1.165, 1.54) is 122 Å². The van der Waals surface area contributed by atoms with Crippen LogP contribution in [0.5, 0.6) is 0 Å². The van der Waals surface area contributed by atoms with Gasteiger partial charge in [0.25, 0.3) is 0 Å². The van der Waals surface area contributed by atoms with Gasteiger partial charge in [0.1, 0.15) is 6.61 Å². The summed E-state index contributed by atoms with van der Waals surface area (Å²) in [5, 5.41) is 0. The predicted molar refractivity (Wildman–Crippen MR) is 234 cm³/mol. The van der Waals surface area contributed by atoms with Crippen LogP contribution in [0.3, 0.4) is 0 Å². The Morgan fingerprint density at radius 3 is 1.29 bits per heavy atom. The lowest BCUT2D eigenvalue weighted by Gasteiger charge is -2.18. The van der Waals surface area contributed by atoms with Crippen LogP contribution >= 0.6 is 7.82 Å². The van der Waals surface area contributed by atoms with Crippen LogP contribution in [0.4, 0.5) is 0 Å². The maximum Gasteiger partial charge on any atom is 0.469 e. The maximum absolute atomic E-state index is 12.4. The third-order valence-corrected chi connectivity index (χ3v) is 10.4. The van der Waals surface area contributed by atoms with Gasteiger partial charge >= 0.3 is 19.8 Å². The first-order valence-corrected chi connectivity index (χ1v) is 24.5. The molecule has 0 unspecified atom stereocenters. The molecule has 0 bridgehead atoms. The van der Waals surface area contributed by atoms with Crippen molar-refractivity contribution < 1.29 is 37.9 Å². The summed E-state index contributed by atoms with van der Waals surface area (Å²) in [5.41, 5.74) is 0. The Morgan fingerprint density at radius 2 is 0.857 bits per heavy atom. The summed E-state index contributed by atoms with van der Waals surface area (Å²) in [5.74, 6) is -0.905. The average molecular weight is 809 g/mol. The molecule has 0 saturated heterocycles. The molecule has 56 heavy (non-hydrogen) atoms. The second kappa shape index (κ2) is 42.6. The fourth-order valence-corrected chi connectivity index (χ4v) is 6.92. The number of allylic oxidation sites excluding steroid dienone is 8. The van der Waals surface area contributed by atoms with Crippen molar-refractivity contribution in [3.63, 3.8) is 0 Å². The first kappa shape index (κ1) is 54.0. The van der Waals surface area contributed by atoms with Crippen molar-refractivity contribution in [3.05, 3.63) is 48.6 Å². The third-order valence-electron chi connectivity index (χ3n) is 9.96. The van der Waals surface area contributed by atoms with Crippen LogP contribution < -0.4 is 0 Å². The van der Waals surface area contributed by atoms with Gasteiger partial charge in [-0.1, -0.05) is 223 Å². The molecule has 8 nitrogen and oxygen atoms in total. The number of esters is 2. The zero-order valence-corrected chi connectivity index (χ0v) is 36.9. The molecular weight excluding hydrogens is 723 g/mol. The number of hydrogen-bond donors (Lipinski definition) is 2. The Kier molecular flexibility index (Phi) is 41.1. The minimum Gasteiger partial charge on any atom is -0.462 e. The molecule has 9 heteroatoms. The van der Waals surface area contributed by atoms with E-state index in [-0.39, 0.29) is 19.4 Å². The number of rotatable bonds is 42. The molecule has 0 saturated carbocycles. The van der Waals surface area contributed by atoms with Crippen molar-refractivity contribution in [2.75, 3.05) is 13.2 Å². The Hall–Kier alpha value is -1.99. The van der Waals surface area contributed by atoms with Gasteiger partial charge in [0.05, 0.1) is 6.61 Å². The topological polar surface area (TPSA) is 119 Å². The zero-order chi connectivity index (χ0) is 41.1. The molecule has 0 rings (SSSR count). The van der Waals surface area contributed by atoms with Crippen LogP contribution in [-0.2, 0) is 28.2 Å². The van der Waals surface area contributed by atoms with Crippen molar-refractivity contribution in [2.24, 2.45) is 0 Å². The molecule has 0 aromatic carbocycles. The van der Waals surface area contributed by atoms with E-state index in [1.807, 2.05) is 30.4 Å². The Morgan fingerprint density at radius 1 is 0.482 bits per heavy atom. The monoisotopic (exact) mass is 809 g/mol. The number of ether oxygens (including phenoxy) is 2. The standard InChI is InChI=1S/C47H85O8P/c1-3-5-7-9-11-13-15-17-19-20-21-22-23-24-25-26-28-30-32-34-36-38-40-42-47(49)55-45(44-54-56(50,51)52)43-53-46(48)41-39-37-35-33-31-29-27-18-16-14-12-10-8-6-4-2/h6,8,10,12,14,16,18,27,45H,3-5,7,9,11,13,15,17,19-26,28-44H2,1-2H3,(H2,50,51,52)/b8-6+,12-10+,16-14+,27-18+/t45-/m1/s1. The van der Waals surface area contributed by atoms with Crippen LogP contribution in [0.25, 0.3) is 0 Å². The zero-order valence-electron chi connectivity index (χ0n) is 36.0. The molecule has 0 aromatic rings. The molecule has 0 aromatic heterocycles. The highest BCUT2D eigenvalue weighted by Crippen LogP contribution is 2.36. The first-order valence-electron chi connectivity index (χ1n) is 23.0. The van der Waals surface area contributed by atoms with Gasteiger partial charge in [-0.15, -0.1) is 0 Å². The summed E-state index contributed by atoms with van der Waals surface area (Å²) in [6.07, 6.45) is 52.7. The van der Waals surface area contributed by atoms with E-state index < -0.39 is 32.5 Å². The smallest absolute Gasteiger partial charge is 0.462 e. The summed E-state index contributed by atoms with van der Waals surface area (Å²) in [7, 11) is -4.76. The van der Waals surface area contributed by atoms with E-state index in [9.17, 15) is 14.2 Å². The highest BCUT2D eigenvalue weighted by Gasteiger charge is 2.23. The average Bonchev–Trinajstić information content (AvgIpc) is 3.17. The van der Waals surface area contributed by atoms with Gasteiger partial charge in [0, 0.05) is 12.8 Å². The molecule has 1 atom stereocenters. The lowest BCUT2D eigenvalue weighted by Crippen LogP contribution is -2.29. The Bertz CT molecular complexity index is 1050. The predicted octanol–water partition coefficient (Wildman–Crippen LogP) is 14.3. The first-order chi connectivity index (χ1) is 27.3. The molecule has 2 N–H and O–H groups in total. The van der Waals surface area contributed by atoms with Crippen LogP contribution in [0, 0.1) is 0 Å². The molecule has 326 valence electrons. The molecule has 0 aliphatic rings. The number of carbonyl (C=O) groups excluding carboxylic acids is 2. The van der Waals surface area contributed by atoms with Crippen LogP contribution in [0.15, 0.2) is 48.6 Å². The van der Waals surface area contributed by atoms with Gasteiger partial charge in [0.2, 0.25) is 0 Å². The van der Waals surface area contributed by atoms with E-state index in [0.717, 1.165) is 57.8 Å². The third kappa shape index (κ3) is 44.7. The molecular formula is C47H85O8P. The van der Waals surface area contributed by atoms with Gasteiger partial charge in [-0.25, -0.2) is 4.57 Å². The number of hydrogen-bond acceptors (Lipinski definition) is 6. The highest BCUT2D eigenvalue weighted by atomic mass is 31.2. The summed E-state index contributed by atoms with van der Waals surface area (Å²) < 4.78 is 26.4. The van der Waals surface area contributed by atoms with Crippen LogP contribution in [0.2, 0.25) is 0 Å². The van der Waals surface area contributed by atoms with Gasteiger partial charge in [0.15, 0.2) is 6.10 Å². The summed E-state index contributed by atoms with van der Waals surface area (Å²) in [6, 6.07) is 0. The highest BCUT2D eigenvalue weighted by molar-refractivity contribution is 7.46. The molecule has 0 fully saturated rings. The number of phosphoric acid groups is 1. The van der Waals surface area contributed by atoms with E-state index in [4.69, 9.17) is 19.3 Å². The summed E-state index contributed by atoms with van der Waals surface area (Å²) in [6.45, 7) is 3.55. The van der Waals surface area contributed by atoms with E-state index >= 15 is 0 Å². The number of carbonyl (C=O) groups is 2. The number of unbranched alkanes of at least 4 members (excludes halogenated alkanes) is 27. The van der Waals surface area contributed by atoms with Crippen molar-refractivity contribution in [1.29, 1.82) is 0 Å². The second-order valence-corrected chi connectivity index (χ2v) is 16.7. The van der Waals surface area contributed by atoms with Gasteiger partial charge < -0.3 is 19.3 Å². The summed E-state index contributed by atoms with van der Waals surface area (Å²) >= 11 is 0. The fourth-order valence-electron chi connectivity index (χ4n) is 6.56. The molecule has 0 aliphatic carbocycles. The Balaban J connectivity index is 3.84. The lowest BCUT2D eigenvalue weighted by atomic mass is 10.0. The summed E-state index contributed by atoms with van der Waals surface area (Å²) in [4.78, 5) is 42.9. The van der Waals surface area contributed by atoms with E-state index in [0.29, 0.717) is 12.8 Å². The molecule has 0 heterocycles. The largest absolute Gasteiger partial charge is 0.469 e. The fraction of sp³-hybridized carbons (Fsp3) is 0.787. The number of phosphoric ester groups is 1. The minimum absolute atomic E-state index is 0.209. The SMILES string of the molecule is CC/C=C/C=C/C=C/C=C/CCCCCCCC(=O)OC[C@H](COP(=O)(O)O)OC(=O)CCCCCCCCCCCCCCCCCCCCCCCCC. The van der Waals surface area contributed by atoms with E-state index in [2.05, 4.69) is 36.6 Å². The van der Waals surface area contributed by atoms with Crippen molar-refractivity contribution in [1.82, 2.24) is 0 Å². The van der Waals surface area contributed by atoms with E-state index in [1.54, 1.807) is 0 Å². The quantitative estimate of drug-likeness (QED) is 0.0271. The maximum atomic E-state index is 12.4. The van der Waals surface area contributed by atoms with Crippen LogP contribution in [0.1, 0.15) is 219 Å². The minimum atomic E-state index is -4.76. The molecule has 0 aliphatic heterocycles. The molecule has 0 radical (unpaired) electrons. The van der Waals surface area contributed by atoms with Crippen LogP contribution in [-0.4, -0.2) is 41.0 Å². The second-order valence-electron chi connectivity index (χ2n) is 15.5. The van der Waals surface area contributed by atoms with Crippen molar-refractivity contribution in [2.45, 2.75) is 225 Å². The van der Waals surface area contributed by atoms with Crippen molar-refractivity contribution >= 4 is 19.8 Å². The Labute approximate surface area is 344 Å². The molecule has 0 amide bonds. The molecule has 0 spiro atoms. The normalized spacial score (nSPS) is 12.9. The van der Waals surface area contributed by atoms with Gasteiger partial charge in [-0.3, -0.25) is 14.1 Å².